The van der Waals surface area contributed by atoms with Crippen molar-refractivity contribution in [3.05, 3.63) is 77.7 Å². The highest BCUT2D eigenvalue weighted by Gasteiger charge is 2.27. The second-order valence-corrected chi connectivity index (χ2v) is 8.68. The SMILES string of the molecule is CCc1ccc(CNC(=O)C2CN(c3ncnc4nn(-c5ccc(C)cc5)cc34)CCN2)cc1. The van der Waals surface area contributed by atoms with E-state index in [1.807, 2.05) is 23.0 Å². The van der Waals surface area contributed by atoms with Crippen LogP contribution < -0.4 is 15.5 Å². The third-order valence-corrected chi connectivity index (χ3v) is 6.28. The molecule has 34 heavy (non-hydrogen) atoms. The third-order valence-electron chi connectivity index (χ3n) is 6.28. The summed E-state index contributed by atoms with van der Waals surface area (Å²) in [6, 6.07) is 16.2. The standard InChI is InChI=1S/C26H29N7O/c1-3-19-6-8-20(9-7-19)14-28-26(34)23-16-32(13-12-27-23)25-22-15-33(31-24(22)29-17-30-25)21-10-4-18(2)5-11-21/h4-11,15,17,23,27H,3,12-14,16H2,1-2H3,(H,28,34). The molecule has 1 aliphatic rings. The minimum atomic E-state index is -0.319. The molecule has 4 aromatic rings. The molecule has 2 aromatic carbocycles. The Bertz CT molecular complexity index is 1280. The molecule has 1 saturated heterocycles. The molecular formula is C26H29N7O. The fourth-order valence-corrected chi connectivity index (χ4v) is 4.23. The smallest absolute Gasteiger partial charge is 0.239 e. The molecule has 1 unspecified atom stereocenters. The lowest BCUT2D eigenvalue weighted by Crippen LogP contribution is -2.57. The fourth-order valence-electron chi connectivity index (χ4n) is 4.23. The second kappa shape index (κ2) is 9.61. The van der Waals surface area contributed by atoms with Crippen LogP contribution in [-0.4, -0.2) is 51.3 Å². The number of benzene rings is 2. The van der Waals surface area contributed by atoms with Crippen molar-refractivity contribution in [3.63, 3.8) is 0 Å². The number of hydrogen-bond acceptors (Lipinski definition) is 6. The van der Waals surface area contributed by atoms with Crippen LogP contribution in [0.2, 0.25) is 0 Å². The molecule has 0 aliphatic carbocycles. The van der Waals surface area contributed by atoms with Crippen LogP contribution in [0.3, 0.4) is 0 Å². The van der Waals surface area contributed by atoms with Crippen LogP contribution in [0.15, 0.2) is 61.1 Å². The van der Waals surface area contributed by atoms with E-state index < -0.39 is 0 Å². The Hall–Kier alpha value is -3.78. The number of anilines is 1. The highest BCUT2D eigenvalue weighted by atomic mass is 16.2. The van der Waals surface area contributed by atoms with Crippen LogP contribution in [0.5, 0.6) is 0 Å². The van der Waals surface area contributed by atoms with Gasteiger partial charge in [0, 0.05) is 32.4 Å². The van der Waals surface area contributed by atoms with Gasteiger partial charge in [-0.3, -0.25) is 4.79 Å². The molecule has 1 atom stereocenters. The first-order valence-electron chi connectivity index (χ1n) is 11.7. The lowest BCUT2D eigenvalue weighted by molar-refractivity contribution is -0.123. The molecular weight excluding hydrogens is 426 g/mol. The van der Waals surface area contributed by atoms with Crippen LogP contribution >= 0.6 is 0 Å². The lowest BCUT2D eigenvalue weighted by Gasteiger charge is -2.33. The molecule has 1 aliphatic heterocycles. The van der Waals surface area contributed by atoms with E-state index in [1.54, 1.807) is 6.33 Å². The van der Waals surface area contributed by atoms with E-state index >= 15 is 0 Å². The quantitative estimate of drug-likeness (QED) is 0.465. The van der Waals surface area contributed by atoms with E-state index in [1.165, 1.54) is 11.1 Å². The van der Waals surface area contributed by atoms with Gasteiger partial charge in [0.2, 0.25) is 5.91 Å². The Morgan fingerprint density at radius 1 is 1.09 bits per heavy atom. The number of nitrogens with one attached hydrogen (secondary N) is 2. The maximum absolute atomic E-state index is 12.9. The van der Waals surface area contributed by atoms with Crippen molar-refractivity contribution in [2.45, 2.75) is 32.9 Å². The summed E-state index contributed by atoms with van der Waals surface area (Å²) >= 11 is 0. The maximum Gasteiger partial charge on any atom is 0.239 e. The van der Waals surface area contributed by atoms with Gasteiger partial charge in [0.15, 0.2) is 5.65 Å². The van der Waals surface area contributed by atoms with Gasteiger partial charge in [-0.05, 0) is 36.6 Å². The summed E-state index contributed by atoms with van der Waals surface area (Å²) in [4.78, 5) is 24.0. The van der Waals surface area contributed by atoms with Gasteiger partial charge in [0.05, 0.1) is 11.1 Å². The average Bonchev–Trinajstić information content (AvgIpc) is 3.32. The van der Waals surface area contributed by atoms with Gasteiger partial charge in [-0.2, -0.15) is 0 Å². The Balaban J connectivity index is 1.30. The van der Waals surface area contributed by atoms with Gasteiger partial charge < -0.3 is 15.5 Å². The molecule has 8 heteroatoms. The highest BCUT2D eigenvalue weighted by molar-refractivity contribution is 5.88. The molecule has 174 valence electrons. The van der Waals surface area contributed by atoms with Crippen LogP contribution in [0.4, 0.5) is 5.82 Å². The summed E-state index contributed by atoms with van der Waals surface area (Å²) in [6.45, 7) is 6.69. The third kappa shape index (κ3) is 4.63. The minimum absolute atomic E-state index is 0.00933. The van der Waals surface area contributed by atoms with Gasteiger partial charge >= 0.3 is 0 Å². The average molecular weight is 456 g/mol. The number of aromatic nitrogens is 4. The van der Waals surface area contributed by atoms with Gasteiger partial charge in [-0.1, -0.05) is 48.9 Å². The van der Waals surface area contributed by atoms with Crippen molar-refractivity contribution in [2.75, 3.05) is 24.5 Å². The topological polar surface area (TPSA) is 88.0 Å². The summed E-state index contributed by atoms with van der Waals surface area (Å²) < 4.78 is 1.83. The number of piperazine rings is 1. The zero-order valence-electron chi connectivity index (χ0n) is 19.5. The lowest BCUT2D eigenvalue weighted by atomic mass is 10.1. The summed E-state index contributed by atoms with van der Waals surface area (Å²) in [7, 11) is 0. The van der Waals surface area contributed by atoms with E-state index in [0.717, 1.165) is 35.4 Å². The van der Waals surface area contributed by atoms with Gasteiger partial charge in [-0.25, -0.2) is 14.6 Å². The number of fused-ring (bicyclic) bond motifs is 1. The second-order valence-electron chi connectivity index (χ2n) is 8.68. The largest absolute Gasteiger partial charge is 0.353 e. The van der Waals surface area contributed by atoms with Crippen molar-refractivity contribution in [3.8, 4) is 5.69 Å². The zero-order valence-corrected chi connectivity index (χ0v) is 19.5. The molecule has 0 spiro atoms. The van der Waals surface area contributed by atoms with E-state index in [9.17, 15) is 4.79 Å². The number of aryl methyl sites for hydroxylation is 2. The molecule has 5 rings (SSSR count). The Kier molecular flexibility index (Phi) is 6.22. The molecule has 0 bridgehead atoms. The summed E-state index contributed by atoms with van der Waals surface area (Å²) in [5.74, 6) is 0.794. The van der Waals surface area contributed by atoms with Crippen LogP contribution in [0, 0.1) is 6.92 Å². The number of carbonyl (C=O) groups excluding carboxylic acids is 1. The molecule has 0 saturated carbocycles. The van der Waals surface area contributed by atoms with E-state index in [4.69, 9.17) is 0 Å². The van der Waals surface area contributed by atoms with Crippen molar-refractivity contribution in [1.29, 1.82) is 0 Å². The summed E-state index contributed by atoms with van der Waals surface area (Å²) in [5, 5.41) is 11.9. The molecule has 0 radical (unpaired) electrons. The van der Waals surface area contributed by atoms with Gasteiger partial charge in [0.25, 0.3) is 0 Å². The predicted molar refractivity (Wildman–Crippen MR) is 133 cm³/mol. The van der Waals surface area contributed by atoms with Crippen molar-refractivity contribution < 1.29 is 4.79 Å². The fraction of sp³-hybridized carbons (Fsp3) is 0.308. The molecule has 3 heterocycles. The summed E-state index contributed by atoms with van der Waals surface area (Å²) in [5.41, 5.74) is 5.20. The number of rotatable bonds is 6. The normalized spacial score (nSPS) is 16.1. The molecule has 1 amide bonds. The Morgan fingerprint density at radius 2 is 1.85 bits per heavy atom. The first-order valence-corrected chi connectivity index (χ1v) is 11.7. The maximum atomic E-state index is 12.9. The van der Waals surface area contributed by atoms with E-state index in [0.29, 0.717) is 25.3 Å². The molecule has 1 fully saturated rings. The van der Waals surface area contributed by atoms with Gasteiger partial charge in [-0.15, -0.1) is 5.10 Å². The predicted octanol–water partition coefficient (Wildman–Crippen LogP) is 2.78. The van der Waals surface area contributed by atoms with E-state index in [2.05, 4.69) is 80.8 Å². The zero-order chi connectivity index (χ0) is 23.5. The van der Waals surface area contributed by atoms with Crippen LogP contribution in [0.25, 0.3) is 16.7 Å². The van der Waals surface area contributed by atoms with Crippen LogP contribution in [0.1, 0.15) is 23.6 Å². The van der Waals surface area contributed by atoms with Crippen molar-refractivity contribution in [1.82, 2.24) is 30.4 Å². The van der Waals surface area contributed by atoms with Crippen molar-refractivity contribution in [2.24, 2.45) is 0 Å². The monoisotopic (exact) mass is 455 g/mol. The summed E-state index contributed by atoms with van der Waals surface area (Å²) in [6.07, 6.45) is 4.52. The number of nitrogens with zero attached hydrogens (tertiary/aromatic N) is 5. The Morgan fingerprint density at radius 3 is 2.62 bits per heavy atom. The van der Waals surface area contributed by atoms with E-state index in [-0.39, 0.29) is 11.9 Å². The highest BCUT2D eigenvalue weighted by Crippen LogP contribution is 2.24. The molecule has 2 N–H and O–H groups in total. The number of carbonyl (C=O) groups is 1. The van der Waals surface area contributed by atoms with Gasteiger partial charge in [0.1, 0.15) is 18.2 Å². The number of amides is 1. The van der Waals surface area contributed by atoms with Crippen LogP contribution in [-0.2, 0) is 17.8 Å². The molecule has 8 nitrogen and oxygen atoms in total. The number of hydrogen-bond donors (Lipinski definition) is 2. The Labute approximate surface area is 199 Å². The minimum Gasteiger partial charge on any atom is -0.353 e. The molecule has 2 aromatic heterocycles. The first kappa shape index (κ1) is 22.0. The van der Waals surface area contributed by atoms with Crippen molar-refractivity contribution >= 4 is 22.8 Å². The first-order chi connectivity index (χ1) is 16.6.